The molecule has 0 aromatic heterocycles. The SMILES string of the molecule is CC1=Cc2c(-c3ccccc3)cccc2[CH]1[Zr+2]([CH]1C(C)=Cc2c(-c3ccccc3)cccc21)=[Si](c1ccc(Cl)cc1)c1ccc(Cl)cc1.[Cl-].[Cl-]. The summed E-state index contributed by atoms with van der Waals surface area (Å²) in [5, 5.41) is 4.46. The van der Waals surface area contributed by atoms with E-state index in [1.807, 2.05) is 0 Å². The van der Waals surface area contributed by atoms with E-state index in [-0.39, 0.29) is 24.8 Å². The van der Waals surface area contributed by atoms with Crippen LogP contribution >= 0.6 is 23.2 Å². The fourth-order valence-electron chi connectivity index (χ4n) is 7.86. The number of allylic oxidation sites excluding steroid dienone is 2. The van der Waals surface area contributed by atoms with E-state index in [4.69, 9.17) is 23.2 Å². The zero-order chi connectivity index (χ0) is 32.8. The Kier molecular flexibility index (Phi) is 11.6. The molecule has 6 aromatic rings. The molecule has 8 rings (SSSR count). The smallest absolute Gasteiger partial charge is 1.00 e. The zero-order valence-electron chi connectivity index (χ0n) is 27.7. The largest absolute Gasteiger partial charge is 1.00 e. The van der Waals surface area contributed by atoms with Gasteiger partial charge in [0.1, 0.15) is 0 Å². The summed E-state index contributed by atoms with van der Waals surface area (Å²) < 4.78 is 0.844. The van der Waals surface area contributed by atoms with Crippen LogP contribution in [-0.2, 0) is 20.4 Å². The fourth-order valence-corrected chi connectivity index (χ4v) is 33.4. The van der Waals surface area contributed by atoms with Crippen molar-refractivity contribution in [2.24, 2.45) is 0 Å². The molecule has 0 aliphatic heterocycles. The number of rotatable bonds is 6. The number of fused-ring (bicyclic) bond motifs is 2. The van der Waals surface area contributed by atoms with Crippen molar-refractivity contribution in [2.75, 3.05) is 0 Å². The van der Waals surface area contributed by atoms with E-state index in [0.717, 1.165) is 10.0 Å². The molecule has 0 nitrogen and oxygen atoms in total. The maximum atomic E-state index is 6.54. The van der Waals surface area contributed by atoms with E-state index in [0.29, 0.717) is 7.25 Å². The molecule has 0 saturated heterocycles. The van der Waals surface area contributed by atoms with E-state index in [1.165, 1.54) is 66.0 Å². The second-order valence-electron chi connectivity index (χ2n) is 12.8. The summed E-state index contributed by atoms with van der Waals surface area (Å²) in [6.07, 6.45) is 5.03. The predicted octanol–water partition coefficient (Wildman–Crippen LogP) is 5.38. The van der Waals surface area contributed by atoms with Crippen molar-refractivity contribution >= 4 is 51.2 Å². The monoisotopic (exact) mass is 820 g/mol. The number of benzene rings is 6. The van der Waals surface area contributed by atoms with Gasteiger partial charge >= 0.3 is 304 Å². The van der Waals surface area contributed by atoms with Gasteiger partial charge in [-0.05, 0) is 0 Å². The van der Waals surface area contributed by atoms with Crippen molar-refractivity contribution in [3.63, 3.8) is 0 Å². The van der Waals surface area contributed by atoms with Crippen molar-refractivity contribution in [1.29, 1.82) is 0 Å². The minimum Gasteiger partial charge on any atom is -1.00 e. The second-order valence-corrected chi connectivity index (χ2v) is 27.8. The van der Waals surface area contributed by atoms with Crippen molar-refractivity contribution in [3.05, 3.63) is 189 Å². The summed E-state index contributed by atoms with van der Waals surface area (Å²) in [4.78, 5) is 0. The normalized spacial score (nSPS) is 15.3. The van der Waals surface area contributed by atoms with Crippen LogP contribution in [0.4, 0.5) is 0 Å². The van der Waals surface area contributed by atoms with Gasteiger partial charge in [-0.25, -0.2) is 0 Å². The third-order valence-electron chi connectivity index (χ3n) is 9.90. The first kappa shape index (κ1) is 36.8. The van der Waals surface area contributed by atoms with E-state index in [9.17, 15) is 0 Å². The Morgan fingerprint density at radius 2 is 0.840 bits per heavy atom. The molecule has 2 atom stereocenters. The summed E-state index contributed by atoms with van der Waals surface area (Å²) in [7, 11) is 0. The minimum absolute atomic E-state index is 0. The van der Waals surface area contributed by atoms with Gasteiger partial charge in [-0.3, -0.25) is 0 Å². The molecule has 0 bridgehead atoms. The molecule has 0 spiro atoms. The Bertz CT molecular complexity index is 2100. The van der Waals surface area contributed by atoms with Crippen molar-refractivity contribution in [2.45, 2.75) is 21.1 Å². The quantitative estimate of drug-likeness (QED) is 0.199. The first-order valence-electron chi connectivity index (χ1n) is 16.5. The molecule has 0 saturated carbocycles. The molecule has 6 heteroatoms. The molecule has 0 amide bonds. The molecular formula is C44H34Cl4SiZr. The maximum Gasteiger partial charge on any atom is -1.00 e. The molecule has 6 aromatic carbocycles. The predicted molar refractivity (Wildman–Crippen MR) is 204 cm³/mol. The van der Waals surface area contributed by atoms with E-state index in [1.54, 1.807) is 0 Å². The number of hydrogen-bond donors (Lipinski definition) is 0. The molecule has 50 heavy (non-hydrogen) atoms. The Balaban J connectivity index is 0.00000216. The van der Waals surface area contributed by atoms with Gasteiger partial charge < -0.3 is 24.8 Å². The molecule has 0 N–H and O–H groups in total. The van der Waals surface area contributed by atoms with Crippen molar-refractivity contribution in [1.82, 2.24) is 0 Å². The first-order valence-corrected chi connectivity index (χ1v) is 25.2. The van der Waals surface area contributed by atoms with Gasteiger partial charge in [-0.2, -0.15) is 0 Å². The Morgan fingerprint density at radius 3 is 1.22 bits per heavy atom. The van der Waals surface area contributed by atoms with Crippen molar-refractivity contribution < 1.29 is 45.2 Å². The van der Waals surface area contributed by atoms with Crippen LogP contribution in [0.5, 0.6) is 0 Å². The van der Waals surface area contributed by atoms with Gasteiger partial charge in [0.15, 0.2) is 0 Å². The van der Waals surface area contributed by atoms with Gasteiger partial charge in [-0.15, -0.1) is 0 Å². The van der Waals surface area contributed by atoms with Crippen molar-refractivity contribution in [3.8, 4) is 22.3 Å². The molecule has 2 aliphatic carbocycles. The van der Waals surface area contributed by atoms with E-state index >= 15 is 0 Å². The maximum absolute atomic E-state index is 6.54. The van der Waals surface area contributed by atoms with Crippen LogP contribution in [0, 0.1) is 0 Å². The van der Waals surface area contributed by atoms with E-state index in [2.05, 4.69) is 172 Å². The fraction of sp³-hybridized carbons (Fsp3) is 0.0909. The molecule has 2 unspecified atom stereocenters. The van der Waals surface area contributed by atoms with Crippen LogP contribution in [0.3, 0.4) is 0 Å². The molecule has 0 radical (unpaired) electrons. The van der Waals surface area contributed by atoms with Crippen LogP contribution in [0.15, 0.2) is 157 Å². The van der Waals surface area contributed by atoms with E-state index < -0.39 is 25.8 Å². The summed E-state index contributed by atoms with van der Waals surface area (Å²) in [5.41, 5.74) is 12.8. The van der Waals surface area contributed by atoms with Crippen LogP contribution in [0.2, 0.25) is 10.0 Å². The molecular weight excluding hydrogens is 790 g/mol. The topological polar surface area (TPSA) is 0 Å². The Hall–Kier alpha value is -2.94. The second kappa shape index (κ2) is 15.7. The van der Waals surface area contributed by atoms with Crippen LogP contribution < -0.4 is 35.2 Å². The molecule has 0 fully saturated rings. The van der Waals surface area contributed by atoms with Gasteiger partial charge in [0, 0.05) is 0 Å². The van der Waals surface area contributed by atoms with Gasteiger partial charge in [0.05, 0.1) is 0 Å². The summed E-state index contributed by atoms with van der Waals surface area (Å²) >= 11 is 10.3. The zero-order valence-corrected chi connectivity index (χ0v) is 34.2. The van der Waals surface area contributed by atoms with Gasteiger partial charge in [0.2, 0.25) is 0 Å². The summed E-state index contributed by atoms with van der Waals surface area (Å²) in [6.45, 7) is 4.80. The minimum atomic E-state index is -2.77. The van der Waals surface area contributed by atoms with Gasteiger partial charge in [-0.1, -0.05) is 0 Å². The summed E-state index contributed by atoms with van der Waals surface area (Å²) in [5.74, 6) is 0. The van der Waals surface area contributed by atoms with Crippen LogP contribution in [0.25, 0.3) is 34.4 Å². The number of halogens is 4. The third-order valence-corrected chi connectivity index (χ3v) is 31.6. The van der Waals surface area contributed by atoms with Crippen LogP contribution in [-0.4, -0.2) is 5.43 Å². The molecule has 246 valence electrons. The number of hydrogen-bond acceptors (Lipinski definition) is 0. The molecule has 0 heterocycles. The third kappa shape index (κ3) is 6.84. The average Bonchev–Trinajstić information content (AvgIpc) is 3.64. The average molecular weight is 824 g/mol. The Morgan fingerprint density at radius 1 is 0.460 bits per heavy atom. The first-order chi connectivity index (χ1) is 23.5. The van der Waals surface area contributed by atoms with Gasteiger partial charge in [0.25, 0.3) is 0 Å². The summed E-state index contributed by atoms with van der Waals surface area (Å²) in [6, 6.07) is 53.4. The van der Waals surface area contributed by atoms with Crippen LogP contribution in [0.1, 0.15) is 43.4 Å². The molecule has 2 aliphatic rings. The standard InChI is InChI=1S/2C16H13.C12H8Cl2Si.2ClH.Zr/c2*1-12-10-14-8-5-9-15(16(14)11-12)13-6-3-2-4-7-13;13-9-1-5-11(6-2-9)15-12-7-3-10(14)4-8-12;;;/h2*2-11H,1H3;1-8H;2*1H;/q;;;;;+2/p-2. The Labute approximate surface area is 325 Å².